The first kappa shape index (κ1) is 24.8. The van der Waals surface area contributed by atoms with Gasteiger partial charge < -0.3 is 0 Å². The average molecular weight is 574 g/mol. The van der Waals surface area contributed by atoms with Crippen LogP contribution < -0.4 is 15.8 Å². The van der Waals surface area contributed by atoms with E-state index in [-0.39, 0.29) is 0 Å². The fourth-order valence-electron chi connectivity index (χ4n) is 7.52. The van der Waals surface area contributed by atoms with Crippen LogP contribution in [-0.4, -0.2) is 17.2 Å². The molecule has 1 aliphatic rings. The van der Waals surface area contributed by atoms with E-state index in [0.29, 0.717) is 0 Å². The monoisotopic (exact) mass is 573 g/mol. The summed E-state index contributed by atoms with van der Waals surface area (Å²) in [6.45, 7) is 7.30. The molecule has 3 nitrogen and oxygen atoms in total. The van der Waals surface area contributed by atoms with Gasteiger partial charge in [0.2, 0.25) is 0 Å². The van der Waals surface area contributed by atoms with E-state index < -0.39 is 8.07 Å². The van der Waals surface area contributed by atoms with Crippen LogP contribution in [-0.2, 0) is 0 Å². The van der Waals surface area contributed by atoms with Crippen LogP contribution in [0.3, 0.4) is 0 Å². The van der Waals surface area contributed by atoms with Crippen molar-refractivity contribution in [2.75, 3.05) is 0 Å². The summed E-state index contributed by atoms with van der Waals surface area (Å²) < 4.78 is 11.9. The van der Waals surface area contributed by atoms with E-state index in [1.807, 2.05) is 0 Å². The summed E-state index contributed by atoms with van der Waals surface area (Å²) in [5.74, 6) is 0. The second-order valence-electron chi connectivity index (χ2n) is 13.3. The predicted octanol–water partition coefficient (Wildman–Crippen LogP) is 8.15. The molecule has 1 aliphatic carbocycles. The summed E-state index contributed by atoms with van der Waals surface area (Å²) >= 11 is 0. The Morgan fingerprint density at radius 2 is 1.21 bits per heavy atom. The maximum absolute atomic E-state index is 6.96. The van der Waals surface area contributed by atoms with Crippen molar-refractivity contribution >= 4 is 79.6 Å². The molecule has 8 aromatic rings. The van der Waals surface area contributed by atoms with Gasteiger partial charge in [0, 0.05) is 0 Å². The van der Waals surface area contributed by atoms with Crippen molar-refractivity contribution in [3.63, 3.8) is 0 Å². The molecule has 0 bridgehead atoms. The van der Waals surface area contributed by atoms with Gasteiger partial charge in [-0.3, -0.25) is 0 Å². The van der Waals surface area contributed by atoms with Crippen molar-refractivity contribution in [1.82, 2.24) is 9.13 Å². The summed E-state index contributed by atoms with van der Waals surface area (Å²) in [6, 6.07) is 40.0. The van der Waals surface area contributed by atoms with E-state index in [4.69, 9.17) is 4.42 Å². The fourth-order valence-corrected chi connectivity index (χ4v) is 9.21. The Balaban J connectivity index is 1.46. The summed E-state index contributed by atoms with van der Waals surface area (Å²) in [6.07, 6.45) is 4.32. The number of hydrogen-bond donors (Lipinski definition) is 0. The van der Waals surface area contributed by atoms with Crippen LogP contribution in [0.4, 0.5) is 0 Å². The molecule has 0 fully saturated rings. The molecule has 3 aromatic heterocycles. The van der Waals surface area contributed by atoms with Crippen LogP contribution >= 0.6 is 0 Å². The summed E-state index contributed by atoms with van der Waals surface area (Å²) in [5.41, 5.74) is 9.46. The van der Waals surface area contributed by atoms with Gasteiger partial charge in [0.25, 0.3) is 0 Å². The van der Waals surface area contributed by atoms with Crippen LogP contribution in [0.25, 0.3) is 72.0 Å². The molecule has 0 radical (unpaired) electrons. The van der Waals surface area contributed by atoms with Crippen LogP contribution in [0.1, 0.15) is 12.8 Å². The van der Waals surface area contributed by atoms with Gasteiger partial charge in [-0.2, -0.15) is 0 Å². The number of benzene rings is 5. The van der Waals surface area contributed by atoms with Gasteiger partial charge in [-0.05, 0) is 0 Å². The zero-order valence-electron chi connectivity index (χ0n) is 24.8. The quantitative estimate of drug-likeness (QED) is 0.196. The number of rotatable bonds is 3. The normalized spacial score (nSPS) is 14.3. The Morgan fingerprint density at radius 1 is 0.581 bits per heavy atom. The minimum absolute atomic E-state index is 0.935. The van der Waals surface area contributed by atoms with Gasteiger partial charge in [-0.15, -0.1) is 0 Å². The molecule has 3 heterocycles. The molecule has 0 saturated carbocycles. The standard InChI is InChI=1S/C39H33N2OSi/c1-43(2,3)37-22-12-18-29-28-17-11-21-34(38(28)42-39(29)37)41-33-20-10-8-16-27(33)31-23-30-26-15-7-9-19-32(26)40(35(30)24-36(31)41)25-13-5-4-6-14-25/h4-10,12-20,22-24,43H,11,21H2,1-3H3/q-1. The number of fused-ring (bicyclic) bond motifs is 9. The molecular formula is C39H33N2OSi-. The second-order valence-corrected chi connectivity index (χ2v) is 19.1. The van der Waals surface area contributed by atoms with Gasteiger partial charge in [-0.1, -0.05) is 30.3 Å². The van der Waals surface area contributed by atoms with E-state index in [9.17, 15) is 0 Å². The fraction of sp³-hybridized carbons (Fsp3) is 0.128. The molecule has 5 aromatic carbocycles. The third kappa shape index (κ3) is 3.47. The molecule has 0 unspecified atom stereocenters. The first-order chi connectivity index (χ1) is 21.0. The molecule has 0 amide bonds. The van der Waals surface area contributed by atoms with Crippen LogP contribution in [0, 0.1) is 0 Å². The van der Waals surface area contributed by atoms with Crippen molar-refractivity contribution in [3.8, 4) is 5.69 Å². The number of aromatic nitrogens is 2. The van der Waals surface area contributed by atoms with E-state index >= 15 is 0 Å². The number of nitrogens with zero attached hydrogens (tertiary/aromatic N) is 2. The van der Waals surface area contributed by atoms with Crippen molar-refractivity contribution in [3.05, 3.63) is 120 Å². The first-order valence-corrected chi connectivity index (χ1v) is 19.6. The van der Waals surface area contributed by atoms with E-state index in [0.717, 1.165) is 23.8 Å². The van der Waals surface area contributed by atoms with Crippen molar-refractivity contribution in [2.24, 2.45) is 0 Å². The summed E-state index contributed by atoms with van der Waals surface area (Å²) in [7, 11) is -1.92. The molecule has 0 spiro atoms. The number of hydrogen-bond acceptors (Lipinski definition) is 1. The summed E-state index contributed by atoms with van der Waals surface area (Å²) in [5, 5.41) is 9.05. The van der Waals surface area contributed by atoms with Gasteiger partial charge in [0.1, 0.15) is 0 Å². The van der Waals surface area contributed by atoms with Gasteiger partial charge in [0.05, 0.1) is 0 Å². The SMILES string of the molecule is C[SiH-](C)(C)c1cccc2c3c(oc12)=C(n1c2ccccc2c2cc4c5ccccc5n(-c5ccccc5)c4cc21)CCC=3. The Hall–Kier alpha value is -4.80. The summed E-state index contributed by atoms with van der Waals surface area (Å²) in [4.78, 5) is 0. The van der Waals surface area contributed by atoms with E-state index in [1.54, 1.807) is 0 Å². The van der Waals surface area contributed by atoms with E-state index in [1.165, 1.54) is 70.8 Å². The number of para-hydroxylation sites is 4. The number of furan rings is 1. The van der Waals surface area contributed by atoms with Gasteiger partial charge >= 0.3 is 221 Å². The second kappa shape index (κ2) is 8.85. The van der Waals surface area contributed by atoms with Crippen molar-refractivity contribution in [2.45, 2.75) is 32.5 Å². The molecule has 210 valence electrons. The molecule has 4 heteroatoms. The zero-order chi connectivity index (χ0) is 28.9. The minimum atomic E-state index is -1.92. The Morgan fingerprint density at radius 3 is 1.93 bits per heavy atom. The Bertz CT molecular complexity index is 2540. The zero-order valence-corrected chi connectivity index (χ0v) is 25.9. The topological polar surface area (TPSA) is 23.0 Å². The average Bonchev–Trinajstić information content (AvgIpc) is 3.67. The third-order valence-corrected chi connectivity index (χ3v) is 11.8. The molecule has 0 N–H and O–H groups in total. The molecule has 0 atom stereocenters. The van der Waals surface area contributed by atoms with Gasteiger partial charge in [0.15, 0.2) is 0 Å². The predicted molar refractivity (Wildman–Crippen MR) is 186 cm³/mol. The maximum atomic E-state index is 6.96. The third-order valence-electron chi connectivity index (χ3n) is 9.46. The molecule has 9 rings (SSSR count). The van der Waals surface area contributed by atoms with Gasteiger partial charge in [-0.25, -0.2) is 0 Å². The van der Waals surface area contributed by atoms with Crippen LogP contribution in [0.15, 0.2) is 114 Å². The van der Waals surface area contributed by atoms with E-state index in [2.05, 4.69) is 144 Å². The van der Waals surface area contributed by atoms with Crippen molar-refractivity contribution in [1.29, 1.82) is 0 Å². The van der Waals surface area contributed by atoms with Crippen molar-refractivity contribution < 1.29 is 4.42 Å². The van der Waals surface area contributed by atoms with Crippen LogP contribution in [0.5, 0.6) is 0 Å². The molecule has 0 saturated heterocycles. The molecule has 43 heavy (non-hydrogen) atoms. The Labute approximate surface area is 250 Å². The first-order valence-electron chi connectivity index (χ1n) is 15.5. The van der Waals surface area contributed by atoms with Crippen LogP contribution in [0.2, 0.25) is 19.6 Å². The molecular weight excluding hydrogens is 541 g/mol. The Kier molecular flexibility index (Phi) is 5.10. The molecule has 0 aliphatic heterocycles.